The van der Waals surface area contributed by atoms with E-state index >= 15 is 0 Å². The maximum Gasteiger partial charge on any atom is 0.411 e. The van der Waals surface area contributed by atoms with E-state index < -0.39 is 105 Å². The quantitative estimate of drug-likeness (QED) is 0.0988. The molecule has 2 N–H and O–H groups in total. The van der Waals surface area contributed by atoms with Crippen LogP contribution in [-0.2, 0) is 66.7 Å². The lowest BCUT2D eigenvalue weighted by molar-refractivity contribution is -0.160. The number of cyclic esters (lactones) is 1. The lowest BCUT2D eigenvalue weighted by Gasteiger charge is -2.35. The Labute approximate surface area is 302 Å². The minimum Gasteiger partial charge on any atom is -0.462 e. The molecule has 0 aromatic heterocycles. The highest BCUT2D eigenvalue weighted by atomic mass is 16.6. The monoisotopic (exact) mass is 740 g/mol. The highest BCUT2D eigenvalue weighted by Crippen LogP contribution is 2.35. The van der Waals surface area contributed by atoms with Gasteiger partial charge in [-0.3, -0.25) is 10.6 Å². The Hall–Kier alpha value is -6.98. The molecule has 0 saturated heterocycles. The number of carbonyl (C=O) groups is 8. The van der Waals surface area contributed by atoms with Gasteiger partial charge < -0.3 is 37.9 Å². The van der Waals surface area contributed by atoms with Gasteiger partial charge in [-0.05, 0) is 18.2 Å². The van der Waals surface area contributed by atoms with Crippen LogP contribution in [0.4, 0.5) is 21.0 Å². The van der Waals surface area contributed by atoms with E-state index in [1.54, 1.807) is 0 Å². The first-order chi connectivity index (χ1) is 25.2. The fourth-order valence-electron chi connectivity index (χ4n) is 3.86. The Morgan fingerprint density at radius 3 is 1.25 bits per heavy atom. The third kappa shape index (κ3) is 14.0. The fraction of sp³-hybridized carbons (Fsp3) is 0.257. The van der Waals surface area contributed by atoms with Crippen molar-refractivity contribution in [2.45, 2.75) is 0 Å². The summed E-state index contributed by atoms with van der Waals surface area (Å²) in [7, 11) is 0. The first-order valence-corrected chi connectivity index (χ1v) is 15.1. The fourth-order valence-corrected chi connectivity index (χ4v) is 3.86. The van der Waals surface area contributed by atoms with Gasteiger partial charge in [-0.25, -0.2) is 38.4 Å². The zero-order chi connectivity index (χ0) is 39.4. The molecule has 0 saturated carbocycles. The highest BCUT2D eigenvalue weighted by Gasteiger charge is 2.46. The first kappa shape index (κ1) is 42.2. The summed E-state index contributed by atoms with van der Waals surface area (Å²) in [6, 6.07) is 5.61. The van der Waals surface area contributed by atoms with Crippen LogP contribution in [0, 0.1) is 10.8 Å². The zero-order valence-corrected chi connectivity index (χ0v) is 28.3. The molecule has 0 fully saturated rings. The molecular weight excluding hydrogens is 704 g/mol. The van der Waals surface area contributed by atoms with Crippen LogP contribution < -0.4 is 10.6 Å². The number of hydrogen-bond acceptors (Lipinski definition) is 16. The Morgan fingerprint density at radius 2 is 0.887 bits per heavy atom. The molecule has 0 spiro atoms. The number of benzene rings is 1. The summed E-state index contributed by atoms with van der Waals surface area (Å²) in [5, 5.41) is 4.84. The second-order valence-electron chi connectivity index (χ2n) is 10.8. The standard InChI is InChI=1S/C35H36N2O16/c1-6-26(38)46-16-34(17-47-27(39)7-2,18-48-28(40)8-3)19-51-32(44)36-23-12-11-13-24(14-23)37-33(45)52-22-35(20-49-29(41)9-4,21-50-30(42)10-5)25-15-31(43)53-25/h6-15H,1-5,16-22H2,(H,36,44)(H,37,45). The predicted molar refractivity (Wildman–Crippen MR) is 181 cm³/mol. The van der Waals surface area contributed by atoms with Crippen molar-refractivity contribution in [1.82, 2.24) is 0 Å². The summed E-state index contributed by atoms with van der Waals surface area (Å²) in [4.78, 5) is 96.2. The van der Waals surface area contributed by atoms with Crippen LogP contribution in [0.1, 0.15) is 0 Å². The molecule has 282 valence electrons. The van der Waals surface area contributed by atoms with E-state index in [4.69, 9.17) is 37.9 Å². The third-order valence-corrected chi connectivity index (χ3v) is 6.70. The summed E-state index contributed by atoms with van der Waals surface area (Å²) in [5.74, 6) is -5.16. The van der Waals surface area contributed by atoms with Gasteiger partial charge in [0.1, 0.15) is 62.8 Å². The number of carbonyl (C=O) groups excluding carboxylic acids is 8. The summed E-state index contributed by atoms with van der Waals surface area (Å²) in [6.07, 6.45) is 3.23. The maximum absolute atomic E-state index is 12.8. The molecule has 1 heterocycles. The largest absolute Gasteiger partial charge is 0.462 e. The van der Waals surface area contributed by atoms with Crippen LogP contribution in [0.15, 0.2) is 99.4 Å². The molecule has 53 heavy (non-hydrogen) atoms. The molecular formula is C35H36N2O16. The molecule has 1 aliphatic heterocycles. The van der Waals surface area contributed by atoms with Gasteiger partial charge in [0.05, 0.1) is 6.08 Å². The summed E-state index contributed by atoms with van der Waals surface area (Å²) in [5.41, 5.74) is -3.02. The maximum atomic E-state index is 12.8. The normalized spacial score (nSPS) is 11.6. The predicted octanol–water partition coefficient (Wildman–Crippen LogP) is 2.84. The summed E-state index contributed by atoms with van der Waals surface area (Å²) in [6.45, 7) is 12.5. The molecule has 0 atom stereocenters. The van der Waals surface area contributed by atoms with Crippen molar-refractivity contribution < 1.29 is 76.3 Å². The van der Waals surface area contributed by atoms with E-state index in [0.717, 1.165) is 36.5 Å². The van der Waals surface area contributed by atoms with Crippen LogP contribution in [-0.4, -0.2) is 94.3 Å². The van der Waals surface area contributed by atoms with Gasteiger partial charge >= 0.3 is 48.0 Å². The molecule has 0 unspecified atom stereocenters. The number of esters is 6. The van der Waals surface area contributed by atoms with Crippen LogP contribution >= 0.6 is 0 Å². The van der Waals surface area contributed by atoms with Crippen molar-refractivity contribution in [2.75, 3.05) is 56.9 Å². The van der Waals surface area contributed by atoms with Crippen LogP contribution in [0.5, 0.6) is 0 Å². The highest BCUT2D eigenvalue weighted by molar-refractivity contribution is 5.90. The molecule has 0 bridgehead atoms. The van der Waals surface area contributed by atoms with Crippen molar-refractivity contribution in [1.29, 1.82) is 0 Å². The number of rotatable bonds is 22. The van der Waals surface area contributed by atoms with E-state index in [2.05, 4.69) is 43.5 Å². The van der Waals surface area contributed by atoms with Crippen molar-refractivity contribution in [3.63, 3.8) is 0 Å². The Morgan fingerprint density at radius 1 is 0.566 bits per heavy atom. The topological polar surface area (TPSA) is 234 Å². The molecule has 18 nitrogen and oxygen atoms in total. The Bertz CT molecular complexity index is 1590. The van der Waals surface area contributed by atoms with Gasteiger partial charge in [0.25, 0.3) is 0 Å². The lowest BCUT2D eigenvalue weighted by Crippen LogP contribution is -2.45. The molecule has 18 heteroatoms. The molecule has 0 aliphatic carbocycles. The van der Waals surface area contributed by atoms with Crippen molar-refractivity contribution >= 4 is 59.4 Å². The van der Waals surface area contributed by atoms with Crippen LogP contribution in [0.25, 0.3) is 0 Å². The SMILES string of the molecule is C=CC(=O)OCC(COC(=O)C=C)(COC(=O)C=C)COC(=O)Nc1cccc(NC(=O)OCC(COC(=O)C=C)(COC(=O)C=C)C2=CC(=O)O2)c1. The third-order valence-electron chi connectivity index (χ3n) is 6.70. The van der Waals surface area contributed by atoms with Crippen LogP contribution in [0.3, 0.4) is 0 Å². The van der Waals surface area contributed by atoms with E-state index in [1.165, 1.54) is 24.3 Å². The number of ether oxygens (including phenoxy) is 8. The first-order valence-electron chi connectivity index (χ1n) is 15.1. The van der Waals surface area contributed by atoms with Gasteiger partial charge in [0, 0.05) is 41.8 Å². The van der Waals surface area contributed by atoms with Crippen LogP contribution in [0.2, 0.25) is 0 Å². The number of amides is 2. The lowest BCUT2D eigenvalue weighted by atomic mass is 9.86. The molecule has 1 aromatic carbocycles. The summed E-state index contributed by atoms with van der Waals surface area (Å²) < 4.78 is 41.1. The van der Waals surface area contributed by atoms with Gasteiger partial charge in [-0.2, -0.15) is 0 Å². The molecule has 2 amide bonds. The van der Waals surface area contributed by atoms with Crippen molar-refractivity contribution in [3.8, 4) is 0 Å². The minimum absolute atomic E-state index is 0.0886. The van der Waals surface area contributed by atoms with Crippen molar-refractivity contribution in [3.05, 3.63) is 99.4 Å². The average molecular weight is 741 g/mol. The van der Waals surface area contributed by atoms with E-state index in [9.17, 15) is 38.4 Å². The Balaban J connectivity index is 2.17. The number of anilines is 2. The van der Waals surface area contributed by atoms with Gasteiger partial charge in [-0.15, -0.1) is 0 Å². The van der Waals surface area contributed by atoms with Gasteiger partial charge in [-0.1, -0.05) is 39.0 Å². The van der Waals surface area contributed by atoms with E-state index in [-0.39, 0.29) is 17.1 Å². The molecule has 1 aromatic rings. The molecule has 2 rings (SSSR count). The average Bonchev–Trinajstić information content (AvgIpc) is 3.15. The second-order valence-corrected chi connectivity index (χ2v) is 10.8. The zero-order valence-electron chi connectivity index (χ0n) is 28.3. The minimum atomic E-state index is -1.64. The van der Waals surface area contributed by atoms with Gasteiger partial charge in [0.2, 0.25) is 0 Å². The summed E-state index contributed by atoms with van der Waals surface area (Å²) >= 11 is 0. The Kier molecular flexibility index (Phi) is 16.4. The molecule has 0 radical (unpaired) electrons. The number of hydrogen-bond donors (Lipinski definition) is 2. The van der Waals surface area contributed by atoms with Gasteiger partial charge in [0.15, 0.2) is 0 Å². The van der Waals surface area contributed by atoms with E-state index in [1.807, 2.05) is 0 Å². The number of nitrogens with one attached hydrogen (secondary N) is 2. The van der Waals surface area contributed by atoms with E-state index in [0.29, 0.717) is 0 Å². The second kappa shape index (κ2) is 20.6. The van der Waals surface area contributed by atoms with Crippen molar-refractivity contribution in [2.24, 2.45) is 10.8 Å². The molecule has 1 aliphatic rings. The smallest absolute Gasteiger partial charge is 0.411 e.